The Kier molecular flexibility index (Phi) is 3.29. The SMILES string of the molecule is Cn1nccc1Nc1nccc(-c2ccc3c(c2)C(O)NC3)n1. The summed E-state index contributed by atoms with van der Waals surface area (Å²) in [5.41, 5.74) is 3.76. The van der Waals surface area contributed by atoms with Crippen molar-refractivity contribution in [2.24, 2.45) is 7.05 Å². The molecule has 0 spiro atoms. The van der Waals surface area contributed by atoms with Gasteiger partial charge in [-0.1, -0.05) is 12.1 Å². The summed E-state index contributed by atoms with van der Waals surface area (Å²) in [6.45, 7) is 0.688. The van der Waals surface area contributed by atoms with Gasteiger partial charge in [-0.15, -0.1) is 0 Å². The van der Waals surface area contributed by atoms with Crippen LogP contribution in [0.3, 0.4) is 0 Å². The second-order valence-electron chi connectivity index (χ2n) is 5.43. The smallest absolute Gasteiger partial charge is 0.228 e. The molecular weight excluding hydrogens is 292 g/mol. The quantitative estimate of drug-likeness (QED) is 0.683. The number of anilines is 2. The van der Waals surface area contributed by atoms with Crippen LogP contribution >= 0.6 is 0 Å². The molecule has 1 atom stereocenters. The first-order valence-corrected chi connectivity index (χ1v) is 7.33. The summed E-state index contributed by atoms with van der Waals surface area (Å²) in [5.74, 6) is 1.32. The molecule has 116 valence electrons. The monoisotopic (exact) mass is 308 g/mol. The molecule has 3 N–H and O–H groups in total. The Labute approximate surface area is 133 Å². The van der Waals surface area contributed by atoms with Crippen LogP contribution < -0.4 is 10.6 Å². The Balaban J connectivity index is 1.66. The van der Waals surface area contributed by atoms with Crippen LogP contribution in [0.5, 0.6) is 0 Å². The molecule has 0 saturated carbocycles. The van der Waals surface area contributed by atoms with Crippen molar-refractivity contribution in [3.05, 3.63) is 53.9 Å². The summed E-state index contributed by atoms with van der Waals surface area (Å²) in [6, 6.07) is 9.70. The highest BCUT2D eigenvalue weighted by Gasteiger charge is 2.19. The number of fused-ring (bicyclic) bond motifs is 1. The maximum absolute atomic E-state index is 9.94. The number of nitrogens with one attached hydrogen (secondary N) is 2. The number of rotatable bonds is 3. The molecule has 1 aliphatic heterocycles. The molecule has 23 heavy (non-hydrogen) atoms. The Morgan fingerprint density at radius 1 is 1.26 bits per heavy atom. The third-order valence-electron chi connectivity index (χ3n) is 3.94. The predicted molar refractivity (Wildman–Crippen MR) is 85.8 cm³/mol. The van der Waals surface area contributed by atoms with Crippen LogP contribution in [-0.2, 0) is 13.6 Å². The fourth-order valence-corrected chi connectivity index (χ4v) is 2.68. The molecule has 1 aliphatic rings. The minimum atomic E-state index is -0.612. The van der Waals surface area contributed by atoms with Gasteiger partial charge in [-0.2, -0.15) is 5.10 Å². The van der Waals surface area contributed by atoms with Gasteiger partial charge in [0.2, 0.25) is 5.95 Å². The van der Waals surface area contributed by atoms with E-state index in [4.69, 9.17) is 0 Å². The number of aryl methyl sites for hydroxylation is 1. The van der Waals surface area contributed by atoms with E-state index < -0.39 is 6.23 Å². The average Bonchev–Trinajstić information content (AvgIpc) is 3.14. The summed E-state index contributed by atoms with van der Waals surface area (Å²) in [6.07, 6.45) is 2.81. The number of nitrogens with zero attached hydrogens (tertiary/aromatic N) is 4. The van der Waals surface area contributed by atoms with Gasteiger partial charge in [0.15, 0.2) is 0 Å². The van der Waals surface area contributed by atoms with Crippen LogP contribution in [0.15, 0.2) is 42.7 Å². The van der Waals surface area contributed by atoms with Gasteiger partial charge in [-0.05, 0) is 17.7 Å². The van der Waals surface area contributed by atoms with E-state index in [0.717, 1.165) is 28.2 Å². The molecule has 4 rings (SSSR count). The highest BCUT2D eigenvalue weighted by Crippen LogP contribution is 2.28. The zero-order valence-corrected chi connectivity index (χ0v) is 12.6. The standard InChI is InChI=1S/C16H16N6O/c1-22-14(5-7-19-22)21-16-17-6-4-13(20-16)10-2-3-11-9-18-15(23)12(11)8-10/h2-8,15,18,23H,9H2,1H3,(H,17,20,21). The van der Waals surface area contributed by atoms with E-state index in [1.807, 2.05) is 37.4 Å². The highest BCUT2D eigenvalue weighted by molar-refractivity contribution is 5.63. The molecule has 1 unspecified atom stereocenters. The van der Waals surface area contributed by atoms with Gasteiger partial charge in [0, 0.05) is 37.0 Å². The molecular formula is C16H16N6O. The van der Waals surface area contributed by atoms with E-state index in [2.05, 4.69) is 25.7 Å². The number of aliphatic hydroxyl groups is 1. The molecule has 1 aromatic carbocycles. The van der Waals surface area contributed by atoms with E-state index in [0.29, 0.717) is 12.5 Å². The molecule has 3 heterocycles. The molecule has 0 radical (unpaired) electrons. The molecule has 3 aromatic rings. The van der Waals surface area contributed by atoms with Crippen LogP contribution in [-0.4, -0.2) is 24.9 Å². The molecule has 0 fully saturated rings. The zero-order valence-electron chi connectivity index (χ0n) is 12.6. The lowest BCUT2D eigenvalue weighted by Crippen LogP contribution is -2.10. The minimum absolute atomic E-state index is 0.505. The molecule has 0 bridgehead atoms. The lowest BCUT2D eigenvalue weighted by molar-refractivity contribution is 0.151. The first-order valence-electron chi connectivity index (χ1n) is 7.33. The third kappa shape index (κ3) is 2.56. The Morgan fingerprint density at radius 3 is 3.00 bits per heavy atom. The minimum Gasteiger partial charge on any atom is -0.374 e. The number of hydrogen-bond acceptors (Lipinski definition) is 6. The van der Waals surface area contributed by atoms with Gasteiger partial charge >= 0.3 is 0 Å². The van der Waals surface area contributed by atoms with Crippen molar-refractivity contribution < 1.29 is 5.11 Å². The molecule has 0 saturated heterocycles. The van der Waals surface area contributed by atoms with Gasteiger partial charge in [-0.3, -0.25) is 10.00 Å². The van der Waals surface area contributed by atoms with Crippen molar-refractivity contribution in [2.75, 3.05) is 5.32 Å². The number of hydrogen-bond donors (Lipinski definition) is 3. The number of aliphatic hydroxyl groups excluding tert-OH is 1. The van der Waals surface area contributed by atoms with Crippen molar-refractivity contribution >= 4 is 11.8 Å². The van der Waals surface area contributed by atoms with Crippen molar-refractivity contribution in [1.82, 2.24) is 25.1 Å². The van der Waals surface area contributed by atoms with Gasteiger partial charge < -0.3 is 10.4 Å². The van der Waals surface area contributed by atoms with Crippen molar-refractivity contribution in [3.8, 4) is 11.3 Å². The van der Waals surface area contributed by atoms with Gasteiger partial charge in [0.1, 0.15) is 12.0 Å². The predicted octanol–water partition coefficient (Wildman–Crippen LogP) is 1.71. The van der Waals surface area contributed by atoms with E-state index in [-0.39, 0.29) is 0 Å². The zero-order chi connectivity index (χ0) is 15.8. The van der Waals surface area contributed by atoms with Gasteiger partial charge in [-0.25, -0.2) is 9.97 Å². The number of benzene rings is 1. The molecule has 7 nitrogen and oxygen atoms in total. The highest BCUT2D eigenvalue weighted by atomic mass is 16.3. The summed E-state index contributed by atoms with van der Waals surface area (Å²) in [4.78, 5) is 8.79. The first-order chi connectivity index (χ1) is 11.2. The average molecular weight is 308 g/mol. The lowest BCUT2D eigenvalue weighted by Gasteiger charge is -2.09. The maximum Gasteiger partial charge on any atom is 0.228 e. The van der Waals surface area contributed by atoms with Crippen LogP contribution in [0.2, 0.25) is 0 Å². The molecule has 2 aromatic heterocycles. The van der Waals surface area contributed by atoms with Crippen molar-refractivity contribution in [1.29, 1.82) is 0 Å². The summed E-state index contributed by atoms with van der Waals surface area (Å²) in [5, 5.41) is 20.2. The maximum atomic E-state index is 9.94. The van der Waals surface area contributed by atoms with Gasteiger partial charge in [0.25, 0.3) is 0 Å². The Hall–Kier alpha value is -2.77. The van der Waals surface area contributed by atoms with E-state index >= 15 is 0 Å². The Morgan fingerprint density at radius 2 is 2.17 bits per heavy atom. The Bertz CT molecular complexity index is 859. The normalized spacial score (nSPS) is 16.3. The summed E-state index contributed by atoms with van der Waals surface area (Å²) < 4.78 is 1.72. The van der Waals surface area contributed by atoms with Crippen molar-refractivity contribution in [3.63, 3.8) is 0 Å². The molecule has 0 aliphatic carbocycles. The van der Waals surface area contributed by atoms with Crippen LogP contribution in [0, 0.1) is 0 Å². The largest absolute Gasteiger partial charge is 0.374 e. The number of aromatic nitrogens is 4. The van der Waals surface area contributed by atoms with Crippen LogP contribution in [0.1, 0.15) is 17.4 Å². The van der Waals surface area contributed by atoms with E-state index in [1.165, 1.54) is 0 Å². The van der Waals surface area contributed by atoms with Crippen LogP contribution in [0.25, 0.3) is 11.3 Å². The van der Waals surface area contributed by atoms with Crippen molar-refractivity contribution in [2.45, 2.75) is 12.8 Å². The first kappa shape index (κ1) is 13.9. The second-order valence-corrected chi connectivity index (χ2v) is 5.43. The van der Waals surface area contributed by atoms with Gasteiger partial charge in [0.05, 0.1) is 11.9 Å². The summed E-state index contributed by atoms with van der Waals surface area (Å²) in [7, 11) is 1.85. The lowest BCUT2D eigenvalue weighted by atomic mass is 10.0. The van der Waals surface area contributed by atoms with E-state index in [1.54, 1.807) is 17.1 Å². The summed E-state index contributed by atoms with van der Waals surface area (Å²) >= 11 is 0. The second kappa shape index (κ2) is 5.45. The molecule has 7 heteroatoms. The van der Waals surface area contributed by atoms with Crippen LogP contribution in [0.4, 0.5) is 11.8 Å². The van der Waals surface area contributed by atoms with E-state index in [9.17, 15) is 5.11 Å². The topological polar surface area (TPSA) is 87.9 Å². The fourth-order valence-electron chi connectivity index (χ4n) is 2.68. The molecule has 0 amide bonds. The third-order valence-corrected chi connectivity index (χ3v) is 3.94. The fraction of sp³-hybridized carbons (Fsp3) is 0.188.